The first-order chi connectivity index (χ1) is 8.05. The van der Waals surface area contributed by atoms with Crippen LogP contribution in [-0.4, -0.2) is 18.3 Å². The molecule has 4 heteroatoms. The molecule has 2 nitrogen and oxygen atoms in total. The smallest absolute Gasteiger partial charge is 0.123 e. The zero-order valence-electron chi connectivity index (χ0n) is 9.75. The molecule has 2 unspecified atom stereocenters. The summed E-state index contributed by atoms with van der Waals surface area (Å²) < 4.78 is 18.5. The number of halogens is 2. The molecule has 0 aromatic heterocycles. The number of hydrogen-bond acceptors (Lipinski definition) is 2. The van der Waals surface area contributed by atoms with Crippen molar-refractivity contribution in [1.82, 2.24) is 0 Å². The van der Waals surface area contributed by atoms with E-state index in [1.807, 2.05) is 0 Å². The van der Waals surface area contributed by atoms with E-state index in [1.54, 1.807) is 7.11 Å². The largest absolute Gasteiger partial charge is 0.385 e. The van der Waals surface area contributed by atoms with Crippen molar-refractivity contribution < 1.29 is 14.2 Å². The van der Waals surface area contributed by atoms with Crippen molar-refractivity contribution in [2.45, 2.75) is 37.4 Å². The number of methoxy groups -OCH3 is 1. The molecule has 0 aliphatic heterocycles. The van der Waals surface area contributed by atoms with Crippen LogP contribution in [0.5, 0.6) is 0 Å². The van der Waals surface area contributed by atoms with Gasteiger partial charge in [0.25, 0.3) is 0 Å². The quantitative estimate of drug-likeness (QED) is 0.882. The van der Waals surface area contributed by atoms with Gasteiger partial charge in [0.1, 0.15) is 5.82 Å². The van der Waals surface area contributed by atoms with E-state index in [-0.39, 0.29) is 11.9 Å². The van der Waals surface area contributed by atoms with Crippen LogP contribution >= 0.6 is 11.6 Å². The Balaban J connectivity index is 2.33. The molecular formula is C13H16ClFO2. The third kappa shape index (κ3) is 2.62. The minimum Gasteiger partial charge on any atom is -0.385 e. The molecule has 1 saturated carbocycles. The molecular weight excluding hydrogens is 243 g/mol. The molecule has 1 aliphatic carbocycles. The highest BCUT2D eigenvalue weighted by atomic mass is 35.5. The van der Waals surface area contributed by atoms with E-state index in [9.17, 15) is 9.50 Å². The Hall–Kier alpha value is -0.640. The average molecular weight is 259 g/mol. The van der Waals surface area contributed by atoms with Gasteiger partial charge in [-0.15, -0.1) is 0 Å². The van der Waals surface area contributed by atoms with E-state index >= 15 is 0 Å². The molecule has 1 aromatic carbocycles. The lowest BCUT2D eigenvalue weighted by Crippen LogP contribution is -2.36. The SMILES string of the molecule is COC1CCCC(O)(c2cc(F)ccc2Cl)C1. The molecule has 0 bridgehead atoms. The molecule has 17 heavy (non-hydrogen) atoms. The van der Waals surface area contributed by atoms with Gasteiger partial charge in [0.15, 0.2) is 0 Å². The summed E-state index contributed by atoms with van der Waals surface area (Å²) in [6, 6.07) is 4.10. The van der Waals surface area contributed by atoms with Crippen LogP contribution in [0.4, 0.5) is 4.39 Å². The Labute approximate surface area is 105 Å². The summed E-state index contributed by atoms with van der Waals surface area (Å²) in [7, 11) is 1.63. The van der Waals surface area contributed by atoms with Gasteiger partial charge in [0.2, 0.25) is 0 Å². The predicted octanol–water partition coefficient (Wildman–Crippen LogP) is 3.26. The zero-order valence-corrected chi connectivity index (χ0v) is 10.5. The van der Waals surface area contributed by atoms with Crippen LogP contribution in [-0.2, 0) is 10.3 Å². The van der Waals surface area contributed by atoms with Crippen molar-refractivity contribution in [3.63, 3.8) is 0 Å². The highest BCUT2D eigenvalue weighted by molar-refractivity contribution is 6.31. The standard InChI is InChI=1S/C13H16ClFO2/c1-17-10-3-2-6-13(16,8-10)11-7-9(15)4-5-12(11)14/h4-5,7,10,16H,2-3,6,8H2,1H3. The maximum Gasteiger partial charge on any atom is 0.123 e. The van der Waals surface area contributed by atoms with E-state index in [0.717, 1.165) is 12.8 Å². The molecule has 0 heterocycles. The minimum absolute atomic E-state index is 0.00749. The van der Waals surface area contributed by atoms with Crippen LogP contribution in [0.2, 0.25) is 5.02 Å². The molecule has 0 saturated heterocycles. The van der Waals surface area contributed by atoms with Gasteiger partial charge in [-0.05, 0) is 37.5 Å². The number of ether oxygens (including phenoxy) is 1. The van der Waals surface area contributed by atoms with E-state index in [4.69, 9.17) is 16.3 Å². The third-order valence-electron chi connectivity index (χ3n) is 3.44. The van der Waals surface area contributed by atoms with Crippen molar-refractivity contribution in [1.29, 1.82) is 0 Å². The minimum atomic E-state index is -1.07. The van der Waals surface area contributed by atoms with E-state index in [0.29, 0.717) is 23.4 Å². The summed E-state index contributed by atoms with van der Waals surface area (Å²) in [5.74, 6) is -0.377. The Morgan fingerprint density at radius 3 is 3.00 bits per heavy atom. The van der Waals surface area contributed by atoms with Gasteiger partial charge in [-0.1, -0.05) is 11.6 Å². The maximum absolute atomic E-state index is 13.3. The zero-order chi connectivity index (χ0) is 12.5. The summed E-state index contributed by atoms with van der Waals surface area (Å²) in [5, 5.41) is 11.0. The van der Waals surface area contributed by atoms with Gasteiger partial charge in [0, 0.05) is 24.1 Å². The highest BCUT2D eigenvalue weighted by Crippen LogP contribution is 2.41. The number of hydrogen-bond donors (Lipinski definition) is 1. The molecule has 2 rings (SSSR count). The monoisotopic (exact) mass is 258 g/mol. The normalized spacial score (nSPS) is 29.3. The molecule has 1 fully saturated rings. The van der Waals surface area contributed by atoms with Gasteiger partial charge in [-0.2, -0.15) is 0 Å². The Bertz CT molecular complexity index is 410. The van der Waals surface area contributed by atoms with E-state index in [2.05, 4.69) is 0 Å². The van der Waals surface area contributed by atoms with Crippen molar-refractivity contribution in [2.75, 3.05) is 7.11 Å². The second kappa shape index (κ2) is 4.92. The summed E-state index contributed by atoms with van der Waals surface area (Å²) in [6.07, 6.45) is 2.84. The lowest BCUT2D eigenvalue weighted by Gasteiger charge is -2.37. The summed E-state index contributed by atoms with van der Waals surface area (Å²) >= 11 is 6.04. The Morgan fingerprint density at radius 2 is 2.29 bits per heavy atom. The van der Waals surface area contributed by atoms with Crippen molar-refractivity contribution >= 4 is 11.6 Å². The number of rotatable bonds is 2. The van der Waals surface area contributed by atoms with Crippen LogP contribution in [0, 0.1) is 5.82 Å². The lowest BCUT2D eigenvalue weighted by molar-refractivity contribution is -0.0632. The average Bonchev–Trinajstić information content (AvgIpc) is 2.32. The lowest BCUT2D eigenvalue weighted by atomic mass is 9.78. The molecule has 94 valence electrons. The van der Waals surface area contributed by atoms with Crippen LogP contribution < -0.4 is 0 Å². The number of aliphatic hydroxyl groups is 1. The number of benzene rings is 1. The van der Waals surface area contributed by atoms with Crippen molar-refractivity contribution in [3.8, 4) is 0 Å². The highest BCUT2D eigenvalue weighted by Gasteiger charge is 2.37. The molecule has 1 aromatic rings. The molecule has 1 N–H and O–H groups in total. The molecule has 0 spiro atoms. The fourth-order valence-corrected chi connectivity index (χ4v) is 2.80. The van der Waals surface area contributed by atoms with Gasteiger partial charge >= 0.3 is 0 Å². The second-order valence-electron chi connectivity index (χ2n) is 4.61. The third-order valence-corrected chi connectivity index (χ3v) is 3.77. The Kier molecular flexibility index (Phi) is 3.71. The van der Waals surface area contributed by atoms with Crippen LogP contribution in [0.25, 0.3) is 0 Å². The Morgan fingerprint density at radius 1 is 1.53 bits per heavy atom. The summed E-state index contributed by atoms with van der Waals surface area (Å²) in [4.78, 5) is 0. The molecule has 2 atom stereocenters. The summed E-state index contributed by atoms with van der Waals surface area (Å²) in [6.45, 7) is 0. The van der Waals surface area contributed by atoms with E-state index < -0.39 is 5.60 Å². The van der Waals surface area contributed by atoms with Crippen LogP contribution in [0.15, 0.2) is 18.2 Å². The van der Waals surface area contributed by atoms with Gasteiger partial charge in [0.05, 0.1) is 11.7 Å². The summed E-state index contributed by atoms with van der Waals surface area (Å²) in [5.41, 5.74) is -0.598. The fourth-order valence-electron chi connectivity index (χ4n) is 2.50. The molecule has 0 amide bonds. The van der Waals surface area contributed by atoms with Gasteiger partial charge < -0.3 is 9.84 Å². The van der Waals surface area contributed by atoms with Gasteiger partial charge in [-0.3, -0.25) is 0 Å². The molecule has 0 radical (unpaired) electrons. The first-order valence-corrected chi connectivity index (χ1v) is 6.14. The first kappa shape index (κ1) is 12.8. The second-order valence-corrected chi connectivity index (χ2v) is 5.02. The van der Waals surface area contributed by atoms with Crippen LogP contribution in [0.1, 0.15) is 31.2 Å². The van der Waals surface area contributed by atoms with Crippen molar-refractivity contribution in [2.24, 2.45) is 0 Å². The van der Waals surface area contributed by atoms with Crippen LogP contribution in [0.3, 0.4) is 0 Å². The fraction of sp³-hybridized carbons (Fsp3) is 0.538. The first-order valence-electron chi connectivity index (χ1n) is 5.76. The van der Waals surface area contributed by atoms with Crippen molar-refractivity contribution in [3.05, 3.63) is 34.6 Å². The maximum atomic E-state index is 13.3. The van der Waals surface area contributed by atoms with E-state index in [1.165, 1.54) is 18.2 Å². The molecule has 1 aliphatic rings. The topological polar surface area (TPSA) is 29.5 Å². The predicted molar refractivity (Wildman–Crippen MR) is 64.6 cm³/mol. The van der Waals surface area contributed by atoms with Gasteiger partial charge in [-0.25, -0.2) is 4.39 Å².